The van der Waals surface area contributed by atoms with E-state index in [0.29, 0.717) is 12.6 Å². The van der Waals surface area contributed by atoms with Crippen LogP contribution in [-0.4, -0.2) is 43.0 Å². The maximum Gasteiger partial charge on any atom is 0.238 e. The molecule has 1 aliphatic rings. The number of rotatable bonds is 5. The first-order valence-corrected chi connectivity index (χ1v) is 9.28. The molecule has 1 heterocycles. The van der Waals surface area contributed by atoms with Gasteiger partial charge in [-0.2, -0.15) is 0 Å². The zero-order valence-electron chi connectivity index (χ0n) is 11.8. The highest BCUT2D eigenvalue weighted by Gasteiger charge is 2.23. The number of hydrogen-bond donors (Lipinski definition) is 2. The molecule has 1 saturated heterocycles. The summed E-state index contributed by atoms with van der Waals surface area (Å²) >= 11 is 10.4. The van der Waals surface area contributed by atoms with Crippen LogP contribution in [0.25, 0.3) is 0 Å². The molecule has 0 aromatic heterocycles. The molecular weight excluding hydrogens is 466 g/mol. The highest BCUT2D eigenvalue weighted by molar-refractivity contribution is 9.11. The minimum absolute atomic E-state index is 0.00692. The van der Waals surface area contributed by atoms with Crippen LogP contribution in [0.5, 0.6) is 0 Å². The molecule has 7 heteroatoms. The summed E-state index contributed by atoms with van der Waals surface area (Å²) in [6.45, 7) is 5.39. The third kappa shape index (κ3) is 4.76. The lowest BCUT2D eigenvalue weighted by atomic mass is 10.2. The van der Waals surface area contributed by atoms with Gasteiger partial charge in [-0.15, -0.1) is 0 Å². The van der Waals surface area contributed by atoms with Crippen molar-refractivity contribution in [2.75, 3.05) is 31.5 Å². The summed E-state index contributed by atoms with van der Waals surface area (Å²) in [6, 6.07) is 4.29. The number of carbonyl (C=O) groups excluding carboxylic acids is 1. The molecular formula is C14H18Br3N3O. The van der Waals surface area contributed by atoms with Crippen LogP contribution >= 0.6 is 47.8 Å². The number of carbonyl (C=O) groups is 1. The molecule has 0 aliphatic carbocycles. The largest absolute Gasteiger partial charge is 0.323 e. The minimum Gasteiger partial charge on any atom is -0.323 e. The van der Waals surface area contributed by atoms with Crippen molar-refractivity contribution >= 4 is 59.4 Å². The molecule has 1 atom stereocenters. The van der Waals surface area contributed by atoms with Crippen molar-refractivity contribution in [1.29, 1.82) is 0 Å². The van der Waals surface area contributed by atoms with Gasteiger partial charge in [0.2, 0.25) is 5.91 Å². The van der Waals surface area contributed by atoms with Crippen LogP contribution in [0.15, 0.2) is 25.6 Å². The molecule has 116 valence electrons. The highest BCUT2D eigenvalue weighted by atomic mass is 79.9. The Hall–Kier alpha value is 0.0500. The molecule has 2 rings (SSSR count). The van der Waals surface area contributed by atoms with Gasteiger partial charge in [0.15, 0.2) is 0 Å². The molecule has 1 aliphatic heterocycles. The van der Waals surface area contributed by atoms with E-state index in [0.717, 1.165) is 45.2 Å². The molecule has 1 aromatic carbocycles. The summed E-state index contributed by atoms with van der Waals surface area (Å²) < 4.78 is 2.65. The van der Waals surface area contributed by atoms with Gasteiger partial charge in [0.05, 0.1) is 12.2 Å². The summed E-state index contributed by atoms with van der Waals surface area (Å²) in [4.78, 5) is 14.5. The second kappa shape index (κ2) is 8.06. The van der Waals surface area contributed by atoms with Gasteiger partial charge >= 0.3 is 0 Å². The highest BCUT2D eigenvalue weighted by Crippen LogP contribution is 2.34. The predicted molar refractivity (Wildman–Crippen MR) is 96.7 cm³/mol. The van der Waals surface area contributed by atoms with E-state index in [4.69, 9.17) is 0 Å². The lowest BCUT2D eigenvalue weighted by Gasteiger charge is -2.26. The van der Waals surface area contributed by atoms with Gasteiger partial charge < -0.3 is 10.6 Å². The molecule has 0 bridgehead atoms. The zero-order valence-corrected chi connectivity index (χ0v) is 16.5. The predicted octanol–water partition coefficient (Wildman–Crippen LogP) is 3.60. The lowest BCUT2D eigenvalue weighted by Crippen LogP contribution is -2.41. The molecule has 4 nitrogen and oxygen atoms in total. The van der Waals surface area contributed by atoms with Crippen molar-refractivity contribution in [1.82, 2.24) is 10.2 Å². The standard InChI is InChI=1S/C14H18Br3N3O/c1-2-20(10-3-4-18-7-10)8-13(21)19-14-11(16)5-9(15)6-12(14)17/h5-6,10,18H,2-4,7-8H2,1H3,(H,19,21). The Bertz CT molecular complexity index is 495. The third-order valence-corrected chi connectivity index (χ3v) is 5.28. The zero-order chi connectivity index (χ0) is 15.4. The topological polar surface area (TPSA) is 44.4 Å². The second-order valence-corrected chi connectivity index (χ2v) is 7.63. The van der Waals surface area contributed by atoms with Crippen molar-refractivity contribution in [3.8, 4) is 0 Å². The fourth-order valence-corrected chi connectivity index (χ4v) is 4.93. The van der Waals surface area contributed by atoms with Crippen LogP contribution in [0.3, 0.4) is 0 Å². The Kier molecular flexibility index (Phi) is 6.68. The van der Waals surface area contributed by atoms with Crippen LogP contribution in [0.1, 0.15) is 13.3 Å². The van der Waals surface area contributed by atoms with E-state index in [1.54, 1.807) is 0 Å². The fraction of sp³-hybridized carbons (Fsp3) is 0.500. The van der Waals surface area contributed by atoms with Crippen LogP contribution in [0.2, 0.25) is 0 Å². The van der Waals surface area contributed by atoms with E-state index in [9.17, 15) is 4.79 Å². The van der Waals surface area contributed by atoms with E-state index >= 15 is 0 Å². The Morgan fingerprint density at radius 3 is 2.57 bits per heavy atom. The fourth-order valence-electron chi connectivity index (χ4n) is 2.48. The van der Waals surface area contributed by atoms with Gasteiger partial charge in [-0.3, -0.25) is 9.69 Å². The van der Waals surface area contributed by atoms with E-state index in [1.165, 1.54) is 0 Å². The van der Waals surface area contributed by atoms with E-state index in [-0.39, 0.29) is 5.91 Å². The number of hydrogen-bond acceptors (Lipinski definition) is 3. The minimum atomic E-state index is 0.00692. The summed E-state index contributed by atoms with van der Waals surface area (Å²) in [7, 11) is 0. The van der Waals surface area contributed by atoms with Gasteiger partial charge in [-0.05, 0) is 63.5 Å². The van der Waals surface area contributed by atoms with Gasteiger partial charge in [0.1, 0.15) is 0 Å². The molecule has 0 saturated carbocycles. The number of benzene rings is 1. The normalized spacial score (nSPS) is 18.2. The molecule has 1 aromatic rings. The Balaban J connectivity index is 2.01. The van der Waals surface area contributed by atoms with Crippen molar-refractivity contribution in [2.45, 2.75) is 19.4 Å². The summed E-state index contributed by atoms with van der Waals surface area (Å²) in [5, 5.41) is 6.32. The van der Waals surface area contributed by atoms with Crippen LogP contribution < -0.4 is 10.6 Å². The van der Waals surface area contributed by atoms with E-state index in [1.807, 2.05) is 12.1 Å². The molecule has 1 fully saturated rings. The van der Waals surface area contributed by atoms with E-state index in [2.05, 4.69) is 70.2 Å². The summed E-state index contributed by atoms with van der Waals surface area (Å²) in [5.74, 6) is 0.00692. The number of likely N-dealkylation sites (N-methyl/N-ethyl adjacent to an activating group) is 1. The first kappa shape index (κ1) is 17.4. The smallest absolute Gasteiger partial charge is 0.238 e. The van der Waals surface area contributed by atoms with Crippen molar-refractivity contribution in [2.24, 2.45) is 0 Å². The number of nitrogens with zero attached hydrogens (tertiary/aromatic N) is 1. The van der Waals surface area contributed by atoms with Crippen molar-refractivity contribution < 1.29 is 4.79 Å². The summed E-state index contributed by atoms with van der Waals surface area (Å²) in [5.41, 5.74) is 0.767. The number of amides is 1. The van der Waals surface area contributed by atoms with Crippen molar-refractivity contribution in [3.05, 3.63) is 25.6 Å². The Morgan fingerprint density at radius 2 is 2.05 bits per heavy atom. The number of nitrogens with one attached hydrogen (secondary N) is 2. The quantitative estimate of drug-likeness (QED) is 0.672. The Labute approximate surface area is 150 Å². The SMILES string of the molecule is CCN(CC(=O)Nc1c(Br)cc(Br)cc1Br)C1CCNC1. The third-order valence-electron chi connectivity index (χ3n) is 3.57. The second-order valence-electron chi connectivity index (χ2n) is 5.00. The lowest BCUT2D eigenvalue weighted by molar-refractivity contribution is -0.117. The van der Waals surface area contributed by atoms with Crippen molar-refractivity contribution in [3.63, 3.8) is 0 Å². The van der Waals surface area contributed by atoms with Crippen LogP contribution in [-0.2, 0) is 4.79 Å². The molecule has 0 spiro atoms. The maximum absolute atomic E-state index is 12.3. The molecule has 1 amide bonds. The molecule has 1 unspecified atom stereocenters. The van der Waals surface area contributed by atoms with Gasteiger partial charge in [0.25, 0.3) is 0 Å². The first-order chi connectivity index (χ1) is 10.0. The number of halogens is 3. The van der Waals surface area contributed by atoms with Crippen LogP contribution in [0.4, 0.5) is 5.69 Å². The average molecular weight is 484 g/mol. The molecule has 2 N–H and O–H groups in total. The monoisotopic (exact) mass is 481 g/mol. The van der Waals surface area contributed by atoms with E-state index < -0.39 is 0 Å². The van der Waals surface area contributed by atoms with Gasteiger partial charge in [-0.1, -0.05) is 22.9 Å². The molecule has 21 heavy (non-hydrogen) atoms. The molecule has 0 radical (unpaired) electrons. The van der Waals surface area contributed by atoms with Crippen LogP contribution in [0, 0.1) is 0 Å². The average Bonchev–Trinajstić information content (AvgIpc) is 2.94. The van der Waals surface area contributed by atoms with Gasteiger partial charge in [-0.25, -0.2) is 0 Å². The van der Waals surface area contributed by atoms with Gasteiger partial charge in [0, 0.05) is 26.0 Å². The number of anilines is 1. The first-order valence-electron chi connectivity index (χ1n) is 6.90. The maximum atomic E-state index is 12.3. The Morgan fingerprint density at radius 1 is 1.38 bits per heavy atom. The summed E-state index contributed by atoms with van der Waals surface area (Å²) in [6.07, 6.45) is 1.10.